The smallest absolute Gasteiger partial charge is 0.319 e. The molecule has 9 nitrogen and oxygen atoms in total. The highest BCUT2D eigenvalue weighted by molar-refractivity contribution is 6.03. The first-order valence-corrected chi connectivity index (χ1v) is 15.9. The van der Waals surface area contributed by atoms with Crippen LogP contribution < -0.4 is 14.4 Å². The second-order valence-electron chi connectivity index (χ2n) is 12.5. The number of rotatable bonds is 8. The quantitative estimate of drug-likeness (QED) is 0.178. The summed E-state index contributed by atoms with van der Waals surface area (Å²) in [5.74, 6) is 1.88. The highest BCUT2D eigenvalue weighted by atomic mass is 19.1. The molecule has 3 aliphatic rings. The molecule has 12 heteroatoms. The molecule has 5 heterocycles. The Morgan fingerprint density at radius 1 is 1.15 bits per heavy atom. The van der Waals surface area contributed by atoms with Crippen LogP contribution in [0.3, 0.4) is 0 Å². The van der Waals surface area contributed by atoms with Gasteiger partial charge >= 0.3 is 6.01 Å². The summed E-state index contributed by atoms with van der Waals surface area (Å²) in [6.45, 7) is 5.01. The van der Waals surface area contributed by atoms with E-state index in [0.717, 1.165) is 25.8 Å². The summed E-state index contributed by atoms with van der Waals surface area (Å²) in [6, 6.07) is 5.98. The lowest BCUT2D eigenvalue weighted by atomic mass is 9.95. The summed E-state index contributed by atoms with van der Waals surface area (Å²) < 4.78 is 69.3. The van der Waals surface area contributed by atoms with Crippen LogP contribution in [0.1, 0.15) is 38.2 Å². The zero-order valence-corrected chi connectivity index (χ0v) is 26.4. The largest absolute Gasteiger partial charge is 0.468 e. The molecule has 0 aliphatic carbocycles. The van der Waals surface area contributed by atoms with Crippen molar-refractivity contribution < 1.29 is 32.1 Å². The molecule has 0 spiro atoms. The van der Waals surface area contributed by atoms with Crippen LogP contribution >= 0.6 is 0 Å². The van der Waals surface area contributed by atoms with Gasteiger partial charge < -0.3 is 23.8 Å². The van der Waals surface area contributed by atoms with Gasteiger partial charge in [0.25, 0.3) is 0 Å². The molecule has 3 fully saturated rings. The first-order valence-electron chi connectivity index (χ1n) is 15.9. The first kappa shape index (κ1) is 31.4. The van der Waals surface area contributed by atoms with E-state index in [1.807, 2.05) is 6.92 Å². The molecule has 47 heavy (non-hydrogen) atoms. The molecule has 0 amide bonds. The third-order valence-electron chi connectivity index (χ3n) is 9.51. The van der Waals surface area contributed by atoms with Gasteiger partial charge in [0.05, 0.1) is 29.1 Å². The van der Waals surface area contributed by atoms with Crippen molar-refractivity contribution in [3.63, 3.8) is 0 Å². The normalized spacial score (nSPS) is 23.2. The van der Waals surface area contributed by atoms with Gasteiger partial charge in [-0.05, 0) is 56.3 Å². The Morgan fingerprint density at radius 2 is 2.02 bits per heavy atom. The Balaban J connectivity index is 1.40. The number of hydrogen-bond acceptors (Lipinski definition) is 9. The predicted molar refractivity (Wildman–Crippen MR) is 171 cm³/mol. The third-order valence-corrected chi connectivity index (χ3v) is 9.51. The summed E-state index contributed by atoms with van der Waals surface area (Å²) in [5, 5.41) is 1.24. The van der Waals surface area contributed by atoms with E-state index in [1.54, 1.807) is 18.2 Å². The van der Waals surface area contributed by atoms with E-state index in [4.69, 9.17) is 30.4 Å². The maximum Gasteiger partial charge on any atom is 0.319 e. The number of fused-ring (bicyclic) bond motifs is 3. The number of terminal acetylenes is 1. The van der Waals surface area contributed by atoms with Gasteiger partial charge in [0, 0.05) is 50.4 Å². The molecule has 3 aliphatic heterocycles. The first-order chi connectivity index (χ1) is 22.8. The monoisotopic (exact) mass is 647 g/mol. The Labute approximate surface area is 271 Å². The minimum Gasteiger partial charge on any atom is -0.468 e. The Hall–Kier alpha value is -4.18. The number of alkyl halides is 1. The fourth-order valence-electron chi connectivity index (χ4n) is 7.31. The number of pyridine rings is 1. The molecule has 0 saturated carbocycles. The number of ether oxygens (including phenoxy) is 4. The summed E-state index contributed by atoms with van der Waals surface area (Å²) in [6.07, 6.45) is 9.23. The minimum absolute atomic E-state index is 0.0122. The third kappa shape index (κ3) is 5.70. The van der Waals surface area contributed by atoms with Crippen molar-refractivity contribution in [1.82, 2.24) is 19.9 Å². The molecular weight excluding hydrogens is 611 g/mol. The standard InChI is InChI=1S/C35H36F3N5O4/c1-4-25-28(37)8-7-22-13-24(47-20-44-3)14-26(29(22)25)31-30(38)32-27(16-39-31)33(43-11-6-12-45-18-21(43)2)41-34(40-32)46-19-35-9-5-10-42(35)17-23(36)15-35/h1,7-8,13-14,16,21,23H,5-6,9-12,15,17-20H2,2-3H3/t21-,23+,35-/m0/s1. The van der Waals surface area contributed by atoms with E-state index < -0.39 is 23.3 Å². The number of nitrogens with zero attached hydrogens (tertiary/aromatic N) is 5. The molecular formula is C35H36F3N5O4. The van der Waals surface area contributed by atoms with Crippen molar-refractivity contribution in [2.45, 2.75) is 50.4 Å². The summed E-state index contributed by atoms with van der Waals surface area (Å²) >= 11 is 0. The van der Waals surface area contributed by atoms with Gasteiger partial charge in [-0.15, -0.1) is 6.42 Å². The lowest BCUT2D eigenvalue weighted by Gasteiger charge is -2.31. The maximum absolute atomic E-state index is 17.0. The molecule has 3 saturated heterocycles. The Kier molecular flexibility index (Phi) is 8.55. The van der Waals surface area contributed by atoms with Gasteiger partial charge in [-0.25, -0.2) is 13.2 Å². The summed E-state index contributed by atoms with van der Waals surface area (Å²) in [4.78, 5) is 18.1. The van der Waals surface area contributed by atoms with Crippen molar-refractivity contribution in [1.29, 1.82) is 0 Å². The molecule has 0 N–H and O–H groups in total. The molecule has 0 radical (unpaired) electrons. The lowest BCUT2D eigenvalue weighted by molar-refractivity contribution is 0.0512. The fraction of sp³-hybridized carbons (Fsp3) is 0.457. The predicted octanol–water partition coefficient (Wildman–Crippen LogP) is 5.66. The van der Waals surface area contributed by atoms with Gasteiger partial charge in [0.1, 0.15) is 41.4 Å². The van der Waals surface area contributed by atoms with Gasteiger partial charge in [-0.2, -0.15) is 9.97 Å². The molecule has 7 rings (SSSR count). The van der Waals surface area contributed by atoms with Crippen LogP contribution in [0.4, 0.5) is 19.0 Å². The van der Waals surface area contributed by atoms with E-state index in [0.29, 0.717) is 60.5 Å². The van der Waals surface area contributed by atoms with Crippen LogP contribution in [0.15, 0.2) is 30.5 Å². The summed E-state index contributed by atoms with van der Waals surface area (Å²) in [5.41, 5.74) is -0.336. The SMILES string of the molecule is C#Cc1c(F)ccc2cc(OCOC)cc(-c3ncc4c(N5CCCOC[C@@H]5C)nc(OC[C@@]56CCCN5C[C@H](F)C6)nc4c3F)c12. The molecule has 3 atom stereocenters. The van der Waals surface area contributed by atoms with E-state index in [-0.39, 0.29) is 47.8 Å². The molecule has 2 aromatic heterocycles. The van der Waals surface area contributed by atoms with Crippen LogP contribution in [0, 0.1) is 24.0 Å². The van der Waals surface area contributed by atoms with Gasteiger partial charge in [0.2, 0.25) is 0 Å². The number of anilines is 1. The second kappa shape index (κ2) is 12.8. The van der Waals surface area contributed by atoms with E-state index in [1.165, 1.54) is 19.4 Å². The molecule has 4 aromatic rings. The average molecular weight is 648 g/mol. The van der Waals surface area contributed by atoms with Crippen LogP contribution in [-0.4, -0.2) is 91.0 Å². The van der Waals surface area contributed by atoms with Gasteiger partial charge in [0.15, 0.2) is 12.6 Å². The van der Waals surface area contributed by atoms with Crippen molar-refractivity contribution in [2.75, 3.05) is 58.3 Å². The number of aromatic nitrogens is 3. The van der Waals surface area contributed by atoms with E-state index in [2.05, 4.69) is 25.7 Å². The van der Waals surface area contributed by atoms with Gasteiger partial charge in [-0.3, -0.25) is 9.88 Å². The van der Waals surface area contributed by atoms with E-state index in [9.17, 15) is 8.78 Å². The highest BCUT2D eigenvalue weighted by Crippen LogP contribution is 2.42. The van der Waals surface area contributed by atoms with Crippen LogP contribution in [0.5, 0.6) is 11.8 Å². The topological polar surface area (TPSA) is 82.1 Å². The number of hydrogen-bond donors (Lipinski definition) is 0. The summed E-state index contributed by atoms with van der Waals surface area (Å²) in [7, 11) is 1.49. The number of methoxy groups -OCH3 is 1. The average Bonchev–Trinajstić information content (AvgIpc) is 3.50. The highest BCUT2D eigenvalue weighted by Gasteiger charge is 2.49. The van der Waals surface area contributed by atoms with Crippen molar-refractivity contribution >= 4 is 27.5 Å². The van der Waals surface area contributed by atoms with E-state index >= 15 is 4.39 Å². The Morgan fingerprint density at radius 3 is 2.85 bits per heavy atom. The Bertz CT molecular complexity index is 1870. The maximum atomic E-state index is 17.0. The van der Waals surface area contributed by atoms with Crippen molar-refractivity contribution in [2.24, 2.45) is 0 Å². The van der Waals surface area contributed by atoms with Crippen LogP contribution in [0.25, 0.3) is 32.9 Å². The number of benzene rings is 2. The molecule has 246 valence electrons. The fourth-order valence-corrected chi connectivity index (χ4v) is 7.31. The second-order valence-corrected chi connectivity index (χ2v) is 12.5. The van der Waals surface area contributed by atoms with Crippen molar-refractivity contribution in [3.05, 3.63) is 47.7 Å². The molecule has 0 unspecified atom stereocenters. The molecule has 2 aromatic carbocycles. The zero-order valence-electron chi connectivity index (χ0n) is 26.4. The van der Waals surface area contributed by atoms with Crippen molar-refractivity contribution in [3.8, 4) is 35.4 Å². The number of halogens is 3. The minimum atomic E-state index is -0.924. The van der Waals surface area contributed by atoms with Crippen LogP contribution in [-0.2, 0) is 9.47 Å². The van der Waals surface area contributed by atoms with Crippen LogP contribution in [0.2, 0.25) is 0 Å². The van der Waals surface area contributed by atoms with Gasteiger partial charge in [-0.1, -0.05) is 12.0 Å². The zero-order chi connectivity index (χ0) is 32.7. The molecule has 0 bridgehead atoms. The lowest BCUT2D eigenvalue weighted by Crippen LogP contribution is -2.43.